The molecule has 0 N–H and O–H groups in total. The molecule has 0 saturated carbocycles. The fourth-order valence-electron chi connectivity index (χ4n) is 4.41. The van der Waals surface area contributed by atoms with Gasteiger partial charge in [-0.1, -0.05) is 6.92 Å². The molecular weight excluding hydrogens is 262 g/mol. The number of methoxy groups -OCH3 is 1. The molecule has 114 valence electrons. The molecule has 4 heteroatoms. The second kappa shape index (κ2) is 4.80. The molecule has 0 spiro atoms. The van der Waals surface area contributed by atoms with Gasteiger partial charge in [-0.3, -0.25) is 0 Å². The number of rotatable bonds is 2. The highest BCUT2D eigenvalue weighted by molar-refractivity contribution is 5.82. The summed E-state index contributed by atoms with van der Waals surface area (Å²) >= 11 is 0. The van der Waals surface area contributed by atoms with Crippen molar-refractivity contribution in [3.63, 3.8) is 0 Å². The Morgan fingerprint density at radius 1 is 1.24 bits per heavy atom. The molecule has 0 amide bonds. The van der Waals surface area contributed by atoms with Crippen LogP contribution in [-0.4, -0.2) is 57.8 Å². The summed E-state index contributed by atoms with van der Waals surface area (Å²) in [7, 11) is 3.98. The zero-order valence-corrected chi connectivity index (χ0v) is 13.3. The maximum absolute atomic E-state index is 5.56. The van der Waals surface area contributed by atoms with E-state index in [0.717, 1.165) is 25.4 Å². The Balaban J connectivity index is 1.82. The van der Waals surface area contributed by atoms with E-state index in [0.29, 0.717) is 12.0 Å². The van der Waals surface area contributed by atoms with E-state index < -0.39 is 0 Å². The van der Waals surface area contributed by atoms with Crippen LogP contribution in [-0.2, 0) is 0 Å². The molecule has 1 aromatic carbocycles. The summed E-state index contributed by atoms with van der Waals surface area (Å²) < 4.78 is 5.56. The molecule has 21 heavy (non-hydrogen) atoms. The number of nitrogens with zero attached hydrogens (tertiary/aromatic N) is 3. The molecule has 3 aliphatic rings. The van der Waals surface area contributed by atoms with Crippen molar-refractivity contribution in [1.82, 2.24) is 4.90 Å². The van der Waals surface area contributed by atoms with E-state index in [1.807, 2.05) is 0 Å². The first-order valence-electron chi connectivity index (χ1n) is 8.15. The zero-order valence-electron chi connectivity index (χ0n) is 13.3. The van der Waals surface area contributed by atoms with Gasteiger partial charge in [0.15, 0.2) is 0 Å². The quantitative estimate of drug-likeness (QED) is 0.829. The summed E-state index contributed by atoms with van der Waals surface area (Å²) in [5.74, 6) is 1.65. The van der Waals surface area contributed by atoms with E-state index in [2.05, 4.69) is 40.8 Å². The Bertz CT molecular complexity index is 559. The number of hydrogen-bond donors (Lipinski definition) is 0. The van der Waals surface area contributed by atoms with Crippen molar-refractivity contribution >= 4 is 11.4 Å². The molecule has 0 bridgehead atoms. The van der Waals surface area contributed by atoms with Gasteiger partial charge in [0.1, 0.15) is 5.75 Å². The average Bonchev–Trinajstić information content (AvgIpc) is 2.84. The zero-order chi connectivity index (χ0) is 14.6. The van der Waals surface area contributed by atoms with E-state index >= 15 is 0 Å². The number of fused-ring (bicyclic) bond motifs is 3. The lowest BCUT2D eigenvalue weighted by molar-refractivity contribution is 0.202. The molecule has 4 rings (SSSR count). The van der Waals surface area contributed by atoms with Gasteiger partial charge in [0, 0.05) is 51.3 Å². The molecule has 1 aromatic rings. The minimum atomic E-state index is 0.647. The van der Waals surface area contributed by atoms with Crippen LogP contribution in [0.25, 0.3) is 0 Å². The Morgan fingerprint density at radius 3 is 2.86 bits per heavy atom. The second-order valence-corrected chi connectivity index (χ2v) is 6.56. The topological polar surface area (TPSA) is 19.0 Å². The molecule has 4 nitrogen and oxygen atoms in total. The summed E-state index contributed by atoms with van der Waals surface area (Å²) in [5.41, 5.74) is 4.35. The van der Waals surface area contributed by atoms with E-state index in [4.69, 9.17) is 4.74 Å². The van der Waals surface area contributed by atoms with Crippen molar-refractivity contribution in [1.29, 1.82) is 0 Å². The predicted molar refractivity (Wildman–Crippen MR) is 86.9 cm³/mol. The van der Waals surface area contributed by atoms with E-state index in [1.54, 1.807) is 7.11 Å². The van der Waals surface area contributed by atoms with Gasteiger partial charge in [0.25, 0.3) is 0 Å². The Kier molecular flexibility index (Phi) is 3.03. The van der Waals surface area contributed by atoms with Crippen LogP contribution in [0.5, 0.6) is 5.75 Å². The maximum Gasteiger partial charge on any atom is 0.121 e. The summed E-state index contributed by atoms with van der Waals surface area (Å²) in [6.45, 7) is 8.15. The largest absolute Gasteiger partial charge is 0.497 e. The first kappa shape index (κ1) is 13.3. The molecule has 0 aromatic heterocycles. The lowest BCUT2D eigenvalue weighted by atomic mass is 9.89. The highest BCUT2D eigenvalue weighted by atomic mass is 16.5. The number of hydrogen-bond acceptors (Lipinski definition) is 4. The minimum Gasteiger partial charge on any atom is -0.497 e. The van der Waals surface area contributed by atoms with Gasteiger partial charge >= 0.3 is 0 Å². The summed E-state index contributed by atoms with van der Waals surface area (Å²) in [4.78, 5) is 7.66. The van der Waals surface area contributed by atoms with Crippen LogP contribution in [0.4, 0.5) is 11.4 Å². The smallest absolute Gasteiger partial charge is 0.121 e. The summed E-state index contributed by atoms with van der Waals surface area (Å²) in [6.07, 6.45) is 1.29. The van der Waals surface area contributed by atoms with Gasteiger partial charge in [0.2, 0.25) is 0 Å². The van der Waals surface area contributed by atoms with Crippen molar-refractivity contribution in [2.45, 2.75) is 25.3 Å². The van der Waals surface area contributed by atoms with Gasteiger partial charge in [-0.05, 0) is 24.6 Å². The number of anilines is 2. The van der Waals surface area contributed by atoms with Crippen molar-refractivity contribution in [3.8, 4) is 5.75 Å². The van der Waals surface area contributed by atoms with Crippen LogP contribution in [0, 0.1) is 0 Å². The highest BCUT2D eigenvalue weighted by Crippen LogP contribution is 2.52. The normalized spacial score (nSPS) is 27.6. The molecule has 0 radical (unpaired) electrons. The van der Waals surface area contributed by atoms with Gasteiger partial charge in [0.05, 0.1) is 18.5 Å². The molecule has 0 aliphatic carbocycles. The Morgan fingerprint density at radius 2 is 2.10 bits per heavy atom. The molecule has 1 fully saturated rings. The average molecular weight is 287 g/mol. The summed E-state index contributed by atoms with van der Waals surface area (Å²) in [6, 6.07) is 5.19. The number of piperidine rings is 1. The van der Waals surface area contributed by atoms with Crippen molar-refractivity contribution < 1.29 is 4.74 Å². The monoisotopic (exact) mass is 287 g/mol. The number of likely N-dealkylation sites (tertiary alicyclic amines) is 1. The van der Waals surface area contributed by atoms with Crippen LogP contribution in [0.15, 0.2) is 12.1 Å². The minimum absolute atomic E-state index is 0.647. The fourth-order valence-corrected chi connectivity index (χ4v) is 4.41. The van der Waals surface area contributed by atoms with Crippen molar-refractivity contribution in [2.24, 2.45) is 0 Å². The third-order valence-electron chi connectivity index (χ3n) is 5.61. The second-order valence-electron chi connectivity index (χ2n) is 6.56. The third kappa shape index (κ3) is 1.85. The first-order valence-corrected chi connectivity index (χ1v) is 8.15. The lowest BCUT2D eigenvalue weighted by Gasteiger charge is -2.41. The third-order valence-corrected chi connectivity index (χ3v) is 5.61. The number of likely N-dealkylation sites (N-methyl/N-ethyl adjacent to an activating group) is 2. The number of ether oxygens (including phenoxy) is 1. The first-order chi connectivity index (χ1) is 10.2. The maximum atomic E-state index is 5.56. The SMILES string of the molecule is CCN1CCC2C(C1)c1cc(OC)cc3c1N2CCN3C. The van der Waals surface area contributed by atoms with E-state index in [1.165, 1.54) is 36.4 Å². The van der Waals surface area contributed by atoms with E-state index in [-0.39, 0.29) is 0 Å². The van der Waals surface area contributed by atoms with Crippen LogP contribution in [0.2, 0.25) is 0 Å². The Hall–Kier alpha value is -1.42. The fraction of sp³-hybridized carbons (Fsp3) is 0.647. The predicted octanol–water partition coefficient (Wildman–Crippen LogP) is 2.14. The van der Waals surface area contributed by atoms with Gasteiger partial charge in [-0.2, -0.15) is 0 Å². The van der Waals surface area contributed by atoms with E-state index in [9.17, 15) is 0 Å². The number of benzene rings is 1. The standard InChI is InChI=1S/C17H25N3O/c1-4-19-6-5-15-14(11-19)13-9-12(21-3)10-16-17(13)20(15)8-7-18(16)2/h9-10,14-15H,4-8,11H2,1-3H3. The van der Waals surface area contributed by atoms with Crippen LogP contribution in [0.1, 0.15) is 24.8 Å². The molecule has 3 heterocycles. The van der Waals surface area contributed by atoms with Crippen molar-refractivity contribution in [3.05, 3.63) is 17.7 Å². The molecule has 3 aliphatic heterocycles. The van der Waals surface area contributed by atoms with Gasteiger partial charge in [-0.25, -0.2) is 0 Å². The van der Waals surface area contributed by atoms with Gasteiger partial charge < -0.3 is 19.4 Å². The van der Waals surface area contributed by atoms with Crippen LogP contribution >= 0.6 is 0 Å². The van der Waals surface area contributed by atoms with Crippen LogP contribution in [0.3, 0.4) is 0 Å². The molecule has 1 saturated heterocycles. The Labute approximate surface area is 127 Å². The molecule has 2 unspecified atom stereocenters. The van der Waals surface area contributed by atoms with Gasteiger partial charge in [-0.15, -0.1) is 0 Å². The molecule has 2 atom stereocenters. The molecular formula is C17H25N3O. The lowest BCUT2D eigenvalue weighted by Crippen LogP contribution is -2.49. The van der Waals surface area contributed by atoms with Crippen molar-refractivity contribution in [2.75, 3.05) is 56.7 Å². The summed E-state index contributed by atoms with van der Waals surface area (Å²) in [5, 5.41) is 0. The van der Waals surface area contributed by atoms with Crippen LogP contribution < -0.4 is 14.5 Å². The highest BCUT2D eigenvalue weighted by Gasteiger charge is 2.44.